The highest BCUT2D eigenvalue weighted by Crippen LogP contribution is 2.05. The van der Waals surface area contributed by atoms with Crippen LogP contribution in [0.4, 0.5) is 0 Å². The first-order chi connectivity index (χ1) is 15.8. The normalized spacial score (nSPS) is 14.3. The van der Waals surface area contributed by atoms with Crippen LogP contribution in [-0.2, 0) is 32.0 Å². The van der Waals surface area contributed by atoms with Gasteiger partial charge in [-0.2, -0.15) is 0 Å². The molecule has 0 fully saturated rings. The van der Waals surface area contributed by atoms with Crippen molar-refractivity contribution in [2.75, 3.05) is 6.61 Å². The summed E-state index contributed by atoms with van der Waals surface area (Å²) in [5.41, 5.74) is 7.24. The van der Waals surface area contributed by atoms with Gasteiger partial charge in [0.05, 0.1) is 18.7 Å². The minimum atomic E-state index is -1.30. The zero-order valence-corrected chi connectivity index (χ0v) is 18.4. The highest BCUT2D eigenvalue weighted by atomic mass is 16.3. The monoisotopic (exact) mass is 454 g/mol. The fourth-order valence-corrected chi connectivity index (χ4v) is 3.11. The number of nitrogens with one attached hydrogen (secondary N) is 3. The summed E-state index contributed by atoms with van der Waals surface area (Å²) in [5.74, 6) is -1.90. The molecule has 2 aromatic rings. The lowest BCUT2D eigenvalue weighted by Crippen LogP contribution is -2.58. The predicted octanol–water partition coefficient (Wildman–Crippen LogP) is -0.535. The molecule has 9 nitrogen and oxygen atoms in total. The van der Waals surface area contributed by atoms with E-state index in [0.717, 1.165) is 11.1 Å². The molecule has 0 aliphatic rings. The Morgan fingerprint density at radius 3 is 1.79 bits per heavy atom. The van der Waals surface area contributed by atoms with Crippen molar-refractivity contribution in [2.45, 2.75) is 43.9 Å². The lowest BCUT2D eigenvalue weighted by Gasteiger charge is -2.24. The molecule has 0 aromatic heterocycles. The van der Waals surface area contributed by atoms with Gasteiger partial charge >= 0.3 is 0 Å². The fraction of sp³-hybridized carbons (Fsp3) is 0.333. The molecule has 3 amide bonds. The van der Waals surface area contributed by atoms with Crippen molar-refractivity contribution in [3.05, 3.63) is 71.8 Å². The largest absolute Gasteiger partial charge is 0.394 e. The van der Waals surface area contributed by atoms with E-state index in [2.05, 4.69) is 16.0 Å². The van der Waals surface area contributed by atoms with Gasteiger partial charge in [-0.1, -0.05) is 60.7 Å². The lowest BCUT2D eigenvalue weighted by molar-refractivity contribution is -0.133. The van der Waals surface area contributed by atoms with Crippen molar-refractivity contribution in [3.8, 4) is 0 Å². The molecule has 0 saturated carbocycles. The van der Waals surface area contributed by atoms with Gasteiger partial charge in [-0.05, 0) is 24.5 Å². The Morgan fingerprint density at radius 2 is 1.30 bits per heavy atom. The van der Waals surface area contributed by atoms with Crippen molar-refractivity contribution in [2.24, 2.45) is 5.73 Å². The van der Waals surface area contributed by atoms with Crippen molar-refractivity contribution in [3.63, 3.8) is 0 Å². The van der Waals surface area contributed by atoms with Crippen molar-refractivity contribution < 1.29 is 24.3 Å². The second-order valence-corrected chi connectivity index (χ2v) is 7.72. The zero-order valence-electron chi connectivity index (χ0n) is 18.4. The van der Waals surface area contributed by atoms with Gasteiger partial charge < -0.3 is 31.6 Å². The molecule has 2 aromatic carbocycles. The third kappa shape index (κ3) is 8.47. The third-order valence-electron chi connectivity index (χ3n) is 4.94. The van der Waals surface area contributed by atoms with Gasteiger partial charge in [-0.3, -0.25) is 14.4 Å². The number of aliphatic hydroxyl groups excluding tert-OH is 1. The number of carbonyl (C=O) groups is 4. The van der Waals surface area contributed by atoms with Gasteiger partial charge in [0.25, 0.3) is 0 Å². The topological polar surface area (TPSA) is 151 Å². The Hall–Kier alpha value is -3.56. The lowest BCUT2D eigenvalue weighted by atomic mass is 10.0. The number of rotatable bonds is 12. The first-order valence-electron chi connectivity index (χ1n) is 10.6. The summed E-state index contributed by atoms with van der Waals surface area (Å²) in [6.45, 7) is 0.802. The van der Waals surface area contributed by atoms with Crippen LogP contribution in [0.15, 0.2) is 60.7 Å². The summed E-state index contributed by atoms with van der Waals surface area (Å²) in [6, 6.07) is 14.2. The fourth-order valence-electron chi connectivity index (χ4n) is 3.11. The molecular formula is C24H30N4O5. The zero-order chi connectivity index (χ0) is 24.2. The summed E-state index contributed by atoms with van der Waals surface area (Å²) >= 11 is 0. The molecule has 0 heterocycles. The molecule has 0 unspecified atom stereocenters. The molecule has 0 radical (unpaired) electrons. The van der Waals surface area contributed by atoms with E-state index in [1.54, 1.807) is 24.3 Å². The number of amides is 3. The molecule has 0 aliphatic carbocycles. The van der Waals surface area contributed by atoms with Gasteiger partial charge in [-0.15, -0.1) is 0 Å². The standard InChI is InChI=1S/C24H30N4O5/c1-16(25)22(31)27-20(13-18-10-6-3-7-11-18)23(32)28-21(15-30)24(33)26-19(14-29)12-17-8-4-2-5-9-17/h2-11,14,16,19-21,30H,12-13,15,25H2,1H3,(H,26,33)(H,27,31)(H,28,32)/t16-,19-,20-,21-/m0/s1. The number of carbonyl (C=O) groups excluding carboxylic acids is 4. The van der Waals surface area contributed by atoms with E-state index in [9.17, 15) is 24.3 Å². The molecule has 9 heteroatoms. The van der Waals surface area contributed by atoms with Crippen LogP contribution >= 0.6 is 0 Å². The number of hydrogen-bond donors (Lipinski definition) is 5. The van der Waals surface area contributed by atoms with Crippen LogP contribution < -0.4 is 21.7 Å². The van der Waals surface area contributed by atoms with Crippen molar-refractivity contribution in [1.29, 1.82) is 0 Å². The van der Waals surface area contributed by atoms with Crippen LogP contribution in [0.5, 0.6) is 0 Å². The van der Waals surface area contributed by atoms with Crippen LogP contribution in [0, 0.1) is 0 Å². The first kappa shape index (κ1) is 25.7. The maximum Gasteiger partial charge on any atom is 0.245 e. The molecule has 0 saturated heterocycles. The number of aliphatic hydroxyl groups is 1. The summed E-state index contributed by atoms with van der Waals surface area (Å²) < 4.78 is 0. The van der Waals surface area contributed by atoms with Gasteiger partial charge in [0, 0.05) is 6.42 Å². The Bertz CT molecular complexity index is 921. The maximum absolute atomic E-state index is 12.9. The van der Waals surface area contributed by atoms with E-state index in [-0.39, 0.29) is 12.8 Å². The average Bonchev–Trinajstić information content (AvgIpc) is 2.82. The maximum atomic E-state index is 12.9. The molecule has 176 valence electrons. The second-order valence-electron chi connectivity index (χ2n) is 7.72. The molecule has 4 atom stereocenters. The van der Waals surface area contributed by atoms with E-state index in [1.165, 1.54) is 6.92 Å². The van der Waals surface area contributed by atoms with Gasteiger partial charge in [0.2, 0.25) is 17.7 Å². The minimum absolute atomic E-state index is 0.163. The summed E-state index contributed by atoms with van der Waals surface area (Å²) in [6.07, 6.45) is 1.03. The Labute approximate surface area is 192 Å². The quantitative estimate of drug-likeness (QED) is 0.272. The van der Waals surface area contributed by atoms with Crippen LogP contribution in [-0.4, -0.2) is 59.9 Å². The van der Waals surface area contributed by atoms with Gasteiger partial charge in [0.1, 0.15) is 18.4 Å². The Kier molecular flexibility index (Phi) is 10.2. The highest BCUT2D eigenvalue weighted by Gasteiger charge is 2.28. The Balaban J connectivity index is 2.06. The first-order valence-corrected chi connectivity index (χ1v) is 10.6. The molecule has 0 aliphatic heterocycles. The number of aldehydes is 1. The van der Waals surface area contributed by atoms with E-state index < -0.39 is 48.5 Å². The number of hydrogen-bond acceptors (Lipinski definition) is 6. The summed E-state index contributed by atoms with van der Waals surface area (Å²) in [5, 5.41) is 17.2. The van der Waals surface area contributed by atoms with Crippen molar-refractivity contribution >= 4 is 24.0 Å². The van der Waals surface area contributed by atoms with Crippen LogP contribution in [0.25, 0.3) is 0 Å². The van der Waals surface area contributed by atoms with Crippen LogP contribution in [0.1, 0.15) is 18.1 Å². The molecule has 0 spiro atoms. The number of benzene rings is 2. The highest BCUT2D eigenvalue weighted by molar-refractivity contribution is 5.93. The van der Waals surface area contributed by atoms with E-state index in [1.807, 2.05) is 36.4 Å². The van der Waals surface area contributed by atoms with E-state index in [4.69, 9.17) is 5.73 Å². The molecule has 0 bridgehead atoms. The average molecular weight is 455 g/mol. The third-order valence-corrected chi connectivity index (χ3v) is 4.94. The SMILES string of the molecule is C[C@H](N)C(=O)N[C@@H](Cc1ccccc1)C(=O)N[C@@H](CO)C(=O)N[C@H](C=O)Cc1ccccc1. The van der Waals surface area contributed by atoms with E-state index >= 15 is 0 Å². The Morgan fingerprint density at radius 1 is 0.818 bits per heavy atom. The van der Waals surface area contributed by atoms with Crippen molar-refractivity contribution in [1.82, 2.24) is 16.0 Å². The summed E-state index contributed by atoms with van der Waals surface area (Å²) in [7, 11) is 0. The van der Waals surface area contributed by atoms with Crippen LogP contribution in [0.2, 0.25) is 0 Å². The molecular weight excluding hydrogens is 424 g/mol. The second kappa shape index (κ2) is 13.1. The van der Waals surface area contributed by atoms with E-state index in [0.29, 0.717) is 6.29 Å². The van der Waals surface area contributed by atoms with Gasteiger partial charge in [-0.25, -0.2) is 0 Å². The van der Waals surface area contributed by atoms with Crippen LogP contribution in [0.3, 0.4) is 0 Å². The predicted molar refractivity (Wildman–Crippen MR) is 123 cm³/mol. The minimum Gasteiger partial charge on any atom is -0.394 e. The summed E-state index contributed by atoms with van der Waals surface area (Å²) in [4.78, 5) is 49.1. The molecule has 33 heavy (non-hydrogen) atoms. The smallest absolute Gasteiger partial charge is 0.245 e. The molecule has 2 rings (SSSR count). The van der Waals surface area contributed by atoms with Gasteiger partial charge in [0.15, 0.2) is 0 Å². The molecule has 6 N–H and O–H groups in total. The number of nitrogens with two attached hydrogens (primary N) is 1.